The first-order valence-electron chi connectivity index (χ1n) is 4.53. The number of anilines is 1. The van der Waals surface area contributed by atoms with Crippen molar-refractivity contribution in [3.05, 3.63) is 11.8 Å². The summed E-state index contributed by atoms with van der Waals surface area (Å²) in [4.78, 5) is 8.07. The van der Waals surface area contributed by atoms with Gasteiger partial charge in [0.2, 0.25) is 5.95 Å². The predicted molar refractivity (Wildman–Crippen MR) is 65.0 cm³/mol. The maximum Gasteiger partial charge on any atom is 0.238 e. The van der Waals surface area contributed by atoms with Crippen LogP contribution in [0.5, 0.6) is 0 Å². The van der Waals surface area contributed by atoms with E-state index in [0.717, 1.165) is 10.6 Å². The highest BCUT2D eigenvalue weighted by Crippen LogP contribution is 2.20. The summed E-state index contributed by atoms with van der Waals surface area (Å²) in [6.07, 6.45) is 2.86. The van der Waals surface area contributed by atoms with Crippen molar-refractivity contribution in [1.29, 1.82) is 0 Å². The SMILES string of the molecule is Cc1cnc(NN)nc1SCCS(C)(=O)=O. The second-order valence-electron chi connectivity index (χ2n) is 3.30. The van der Waals surface area contributed by atoms with E-state index in [1.807, 2.05) is 6.92 Å². The zero-order valence-electron chi connectivity index (χ0n) is 9.10. The van der Waals surface area contributed by atoms with E-state index in [1.165, 1.54) is 18.0 Å². The first kappa shape index (κ1) is 13.2. The van der Waals surface area contributed by atoms with E-state index in [2.05, 4.69) is 15.4 Å². The molecule has 6 nitrogen and oxygen atoms in total. The van der Waals surface area contributed by atoms with Crippen LogP contribution in [0.4, 0.5) is 5.95 Å². The molecule has 1 aromatic heterocycles. The van der Waals surface area contributed by atoms with Crippen molar-refractivity contribution < 1.29 is 8.42 Å². The van der Waals surface area contributed by atoms with Gasteiger partial charge in [0.15, 0.2) is 0 Å². The van der Waals surface area contributed by atoms with Crippen LogP contribution >= 0.6 is 11.8 Å². The van der Waals surface area contributed by atoms with Crippen LogP contribution in [0.1, 0.15) is 5.56 Å². The third kappa shape index (κ3) is 4.33. The molecule has 1 heterocycles. The zero-order valence-corrected chi connectivity index (χ0v) is 10.7. The molecule has 0 saturated carbocycles. The molecular weight excluding hydrogens is 248 g/mol. The third-order valence-electron chi connectivity index (χ3n) is 1.75. The van der Waals surface area contributed by atoms with Crippen LogP contribution < -0.4 is 11.3 Å². The summed E-state index contributed by atoms with van der Waals surface area (Å²) in [6, 6.07) is 0. The highest BCUT2D eigenvalue weighted by atomic mass is 32.2. The fourth-order valence-electron chi connectivity index (χ4n) is 0.932. The molecule has 3 N–H and O–H groups in total. The fraction of sp³-hybridized carbons (Fsp3) is 0.500. The molecule has 0 spiro atoms. The summed E-state index contributed by atoms with van der Waals surface area (Å²) in [5.74, 6) is 6.12. The molecule has 0 aliphatic carbocycles. The maximum absolute atomic E-state index is 11.0. The average Bonchev–Trinajstić information content (AvgIpc) is 2.19. The lowest BCUT2D eigenvalue weighted by Crippen LogP contribution is -2.11. The average molecular weight is 262 g/mol. The Morgan fingerprint density at radius 1 is 1.56 bits per heavy atom. The van der Waals surface area contributed by atoms with Crippen molar-refractivity contribution in [3.63, 3.8) is 0 Å². The smallest absolute Gasteiger partial charge is 0.238 e. The van der Waals surface area contributed by atoms with Gasteiger partial charge in [-0.2, -0.15) is 0 Å². The van der Waals surface area contributed by atoms with E-state index in [9.17, 15) is 8.42 Å². The molecule has 0 fully saturated rings. The number of hydrogen-bond acceptors (Lipinski definition) is 7. The summed E-state index contributed by atoms with van der Waals surface area (Å²) in [5.41, 5.74) is 3.25. The van der Waals surface area contributed by atoms with E-state index in [0.29, 0.717) is 11.7 Å². The number of nitrogens with zero attached hydrogens (tertiary/aromatic N) is 2. The lowest BCUT2D eigenvalue weighted by atomic mass is 10.4. The van der Waals surface area contributed by atoms with Gasteiger partial charge in [-0.3, -0.25) is 5.43 Å². The van der Waals surface area contributed by atoms with Gasteiger partial charge in [-0.05, 0) is 12.5 Å². The summed E-state index contributed by atoms with van der Waals surface area (Å²) in [7, 11) is -2.93. The molecule has 0 aliphatic heterocycles. The summed E-state index contributed by atoms with van der Waals surface area (Å²) >= 11 is 1.38. The van der Waals surface area contributed by atoms with Gasteiger partial charge in [-0.15, -0.1) is 11.8 Å². The Kier molecular flexibility index (Phi) is 4.51. The van der Waals surface area contributed by atoms with Crippen LogP contribution in [0.15, 0.2) is 11.2 Å². The van der Waals surface area contributed by atoms with Gasteiger partial charge in [0.1, 0.15) is 14.9 Å². The topological polar surface area (TPSA) is 98.0 Å². The van der Waals surface area contributed by atoms with Gasteiger partial charge in [-0.25, -0.2) is 24.2 Å². The molecule has 8 heteroatoms. The molecule has 0 amide bonds. The van der Waals surface area contributed by atoms with Gasteiger partial charge in [0.05, 0.1) is 5.75 Å². The minimum atomic E-state index is -2.93. The lowest BCUT2D eigenvalue weighted by molar-refractivity contribution is 0.603. The maximum atomic E-state index is 11.0. The minimum Gasteiger partial charge on any atom is -0.292 e. The number of aromatic nitrogens is 2. The van der Waals surface area contributed by atoms with Crippen LogP contribution in [0, 0.1) is 6.92 Å². The van der Waals surface area contributed by atoms with E-state index in [1.54, 1.807) is 6.20 Å². The van der Waals surface area contributed by atoms with Crippen LogP contribution in [0.3, 0.4) is 0 Å². The second-order valence-corrected chi connectivity index (χ2v) is 6.65. The summed E-state index contributed by atoms with van der Waals surface area (Å²) in [5, 5.41) is 0.742. The molecule has 1 rings (SSSR count). The number of nitrogens with two attached hydrogens (primary N) is 1. The van der Waals surface area contributed by atoms with Crippen molar-refractivity contribution in [3.8, 4) is 0 Å². The number of nitrogens with one attached hydrogen (secondary N) is 1. The molecule has 90 valence electrons. The first-order chi connectivity index (χ1) is 7.42. The Balaban J connectivity index is 2.66. The molecule has 0 aromatic carbocycles. The number of nitrogen functional groups attached to an aromatic ring is 1. The van der Waals surface area contributed by atoms with Crippen molar-refractivity contribution in [1.82, 2.24) is 9.97 Å². The Labute approximate surface area is 98.9 Å². The van der Waals surface area contributed by atoms with Gasteiger partial charge < -0.3 is 0 Å². The molecule has 16 heavy (non-hydrogen) atoms. The Morgan fingerprint density at radius 3 is 2.81 bits per heavy atom. The molecule has 0 radical (unpaired) electrons. The molecule has 0 atom stereocenters. The molecule has 1 aromatic rings. The van der Waals surface area contributed by atoms with E-state index >= 15 is 0 Å². The zero-order chi connectivity index (χ0) is 12.2. The van der Waals surface area contributed by atoms with Gasteiger partial charge >= 0.3 is 0 Å². The Bertz CT molecular complexity index is 461. The van der Waals surface area contributed by atoms with Crippen molar-refractivity contribution >= 4 is 27.5 Å². The van der Waals surface area contributed by atoms with Crippen LogP contribution in [0.2, 0.25) is 0 Å². The van der Waals surface area contributed by atoms with Crippen molar-refractivity contribution in [2.75, 3.05) is 23.2 Å². The van der Waals surface area contributed by atoms with E-state index in [4.69, 9.17) is 5.84 Å². The second kappa shape index (κ2) is 5.46. The number of rotatable bonds is 5. The molecule has 0 saturated heterocycles. The van der Waals surface area contributed by atoms with Gasteiger partial charge in [-0.1, -0.05) is 0 Å². The number of hydrogen-bond donors (Lipinski definition) is 2. The quantitative estimate of drug-likeness (QED) is 0.339. The Hall–Kier alpha value is -0.860. The number of hydrazine groups is 1. The number of aryl methyl sites for hydroxylation is 1. The molecular formula is C8H14N4O2S2. The number of sulfone groups is 1. The normalized spacial score (nSPS) is 11.4. The van der Waals surface area contributed by atoms with Crippen LogP contribution in [0.25, 0.3) is 0 Å². The van der Waals surface area contributed by atoms with Crippen molar-refractivity contribution in [2.45, 2.75) is 11.9 Å². The van der Waals surface area contributed by atoms with Gasteiger partial charge in [0.25, 0.3) is 0 Å². The van der Waals surface area contributed by atoms with Crippen LogP contribution in [-0.2, 0) is 9.84 Å². The highest BCUT2D eigenvalue weighted by Gasteiger charge is 2.06. The molecule has 0 aliphatic rings. The fourth-order valence-corrected chi connectivity index (χ4v) is 3.10. The monoisotopic (exact) mass is 262 g/mol. The van der Waals surface area contributed by atoms with E-state index < -0.39 is 9.84 Å². The Morgan fingerprint density at radius 2 is 2.25 bits per heavy atom. The minimum absolute atomic E-state index is 0.131. The van der Waals surface area contributed by atoms with E-state index in [-0.39, 0.29) is 5.75 Å². The predicted octanol–water partition coefficient (Wildman–Crippen LogP) is 0.207. The van der Waals surface area contributed by atoms with Crippen LogP contribution in [-0.4, -0.2) is 36.1 Å². The first-order valence-corrected chi connectivity index (χ1v) is 7.58. The lowest BCUT2D eigenvalue weighted by Gasteiger charge is -2.05. The standard InChI is InChI=1S/C8H14N4O2S2/c1-6-5-10-8(12-9)11-7(6)15-3-4-16(2,13)14/h5H,3-4,9H2,1-2H3,(H,10,11,12). The molecule has 0 unspecified atom stereocenters. The van der Waals surface area contributed by atoms with Gasteiger partial charge in [0, 0.05) is 18.2 Å². The summed E-state index contributed by atoms with van der Waals surface area (Å²) in [6.45, 7) is 1.86. The molecule has 0 bridgehead atoms. The summed E-state index contributed by atoms with van der Waals surface area (Å²) < 4.78 is 21.9. The number of thioether (sulfide) groups is 1. The third-order valence-corrected chi connectivity index (χ3v) is 4.05. The highest BCUT2D eigenvalue weighted by molar-refractivity contribution is 8.00. The largest absolute Gasteiger partial charge is 0.292 e. The van der Waals surface area contributed by atoms with Crippen molar-refractivity contribution in [2.24, 2.45) is 5.84 Å².